The Hall–Kier alpha value is -4.41. The molecule has 3 heterocycles. The Morgan fingerprint density at radius 3 is 2.75 bits per heavy atom. The second-order valence-corrected chi connectivity index (χ2v) is 6.77. The smallest absolute Gasteiger partial charge is 0.244 e. The van der Waals surface area contributed by atoms with E-state index in [0.717, 1.165) is 0 Å². The van der Waals surface area contributed by atoms with Crippen molar-refractivity contribution in [1.82, 2.24) is 30.2 Å². The number of halogens is 1. The molecule has 0 bridgehead atoms. The van der Waals surface area contributed by atoms with Gasteiger partial charge in [0.25, 0.3) is 0 Å². The molecule has 0 aliphatic heterocycles. The summed E-state index contributed by atoms with van der Waals surface area (Å²) in [7, 11) is 0. The highest BCUT2D eigenvalue weighted by Crippen LogP contribution is 2.25. The zero-order chi connectivity index (χ0) is 22.5. The summed E-state index contributed by atoms with van der Waals surface area (Å²) in [4.78, 5) is 31.5. The van der Waals surface area contributed by atoms with Gasteiger partial charge in [-0.3, -0.25) is 14.3 Å². The number of carbonyl (C=O) groups is 2. The zero-order valence-corrected chi connectivity index (χ0v) is 16.9. The van der Waals surface area contributed by atoms with Crippen LogP contribution in [0.15, 0.2) is 59.4 Å². The van der Waals surface area contributed by atoms with Crippen LogP contribution in [-0.2, 0) is 16.1 Å². The first-order valence-electron chi connectivity index (χ1n) is 9.59. The third-order valence-corrected chi connectivity index (χ3v) is 4.41. The molecule has 32 heavy (non-hydrogen) atoms. The number of amides is 2. The normalized spacial score (nSPS) is 10.7. The lowest BCUT2D eigenvalue weighted by atomic mass is 10.2. The highest BCUT2D eigenvalue weighted by atomic mass is 19.1. The van der Waals surface area contributed by atoms with Gasteiger partial charge in [-0.15, -0.1) is 0 Å². The van der Waals surface area contributed by atoms with Gasteiger partial charge < -0.3 is 15.2 Å². The summed E-state index contributed by atoms with van der Waals surface area (Å²) < 4.78 is 20.7. The lowest BCUT2D eigenvalue weighted by Crippen LogP contribution is -2.31. The van der Waals surface area contributed by atoms with E-state index in [9.17, 15) is 14.0 Å². The number of hydrogen-bond acceptors (Lipinski definition) is 7. The molecule has 0 aliphatic carbocycles. The first-order valence-corrected chi connectivity index (χ1v) is 9.59. The van der Waals surface area contributed by atoms with Gasteiger partial charge in [0.15, 0.2) is 5.82 Å². The van der Waals surface area contributed by atoms with Gasteiger partial charge in [0.1, 0.15) is 29.3 Å². The molecule has 0 saturated heterocycles. The zero-order valence-electron chi connectivity index (χ0n) is 16.9. The number of carbonyl (C=O) groups excluding carboxylic acids is 2. The van der Waals surface area contributed by atoms with Crippen molar-refractivity contribution in [2.45, 2.75) is 13.5 Å². The Labute approximate surface area is 181 Å². The first kappa shape index (κ1) is 20.8. The third-order valence-electron chi connectivity index (χ3n) is 4.41. The van der Waals surface area contributed by atoms with Crippen LogP contribution in [0.25, 0.3) is 22.9 Å². The van der Waals surface area contributed by atoms with Gasteiger partial charge in [0.2, 0.25) is 11.8 Å². The maximum absolute atomic E-state index is 14.2. The van der Waals surface area contributed by atoms with Crippen LogP contribution in [0.5, 0.6) is 0 Å². The minimum Gasteiger partial charge on any atom is -0.364 e. The molecule has 11 heteroatoms. The molecule has 0 unspecified atom stereocenters. The van der Waals surface area contributed by atoms with Crippen LogP contribution >= 0.6 is 0 Å². The lowest BCUT2D eigenvalue weighted by molar-refractivity contribution is -0.122. The standard InChI is InChI=1S/C21H18FN7O3/c1-13(30)24-11-20(31)25-19-6-8-23-21(26-19)17-10-18(16-7-9-32-28-16)29(27-17)12-14-4-2-3-5-15(14)22/h2-10H,11-12H2,1H3,(H,24,30)(H,23,25,26,31). The molecule has 162 valence electrons. The van der Waals surface area contributed by atoms with Crippen LogP contribution in [-0.4, -0.2) is 43.3 Å². The van der Waals surface area contributed by atoms with E-state index in [1.165, 1.54) is 31.5 Å². The summed E-state index contributed by atoms with van der Waals surface area (Å²) in [6.45, 7) is 1.30. The Kier molecular flexibility index (Phi) is 5.97. The van der Waals surface area contributed by atoms with E-state index < -0.39 is 5.91 Å². The summed E-state index contributed by atoms with van der Waals surface area (Å²) >= 11 is 0. The Morgan fingerprint density at radius 2 is 2.00 bits per heavy atom. The van der Waals surface area contributed by atoms with Crippen molar-refractivity contribution in [3.05, 3.63) is 66.3 Å². The van der Waals surface area contributed by atoms with Gasteiger partial charge in [-0.05, 0) is 18.2 Å². The fraction of sp³-hybridized carbons (Fsp3) is 0.143. The van der Waals surface area contributed by atoms with Gasteiger partial charge in [-0.25, -0.2) is 14.4 Å². The van der Waals surface area contributed by atoms with Crippen molar-refractivity contribution < 1.29 is 18.5 Å². The van der Waals surface area contributed by atoms with Crippen LogP contribution in [0.3, 0.4) is 0 Å². The highest BCUT2D eigenvalue weighted by molar-refractivity contribution is 5.93. The monoisotopic (exact) mass is 435 g/mol. The molecule has 0 radical (unpaired) electrons. The van der Waals surface area contributed by atoms with Crippen LogP contribution in [0.2, 0.25) is 0 Å². The van der Waals surface area contributed by atoms with E-state index in [0.29, 0.717) is 22.6 Å². The molecule has 4 aromatic rings. The SMILES string of the molecule is CC(=O)NCC(=O)Nc1ccnc(-c2cc(-c3ccon3)n(Cc3ccccc3F)n2)n1. The molecule has 3 aromatic heterocycles. The van der Waals surface area contributed by atoms with Crippen molar-refractivity contribution in [2.75, 3.05) is 11.9 Å². The first-order chi connectivity index (χ1) is 15.5. The van der Waals surface area contributed by atoms with Crippen LogP contribution in [0.4, 0.5) is 10.2 Å². The molecule has 2 amide bonds. The number of nitrogens with one attached hydrogen (secondary N) is 2. The Bertz CT molecular complexity index is 1250. The molecule has 4 rings (SSSR count). The minimum absolute atomic E-state index is 0.155. The van der Waals surface area contributed by atoms with Gasteiger partial charge in [0.05, 0.1) is 18.8 Å². The van der Waals surface area contributed by atoms with E-state index in [-0.39, 0.29) is 36.5 Å². The molecule has 0 atom stereocenters. The lowest BCUT2D eigenvalue weighted by Gasteiger charge is -2.07. The number of nitrogens with zero attached hydrogens (tertiary/aromatic N) is 5. The Balaban J connectivity index is 1.63. The molecule has 0 saturated carbocycles. The van der Waals surface area contributed by atoms with E-state index in [1.807, 2.05) is 0 Å². The second-order valence-electron chi connectivity index (χ2n) is 6.77. The summed E-state index contributed by atoms with van der Waals surface area (Å²) in [5.41, 5.74) is 1.95. The number of aromatic nitrogens is 5. The number of anilines is 1. The fourth-order valence-electron chi connectivity index (χ4n) is 2.93. The van der Waals surface area contributed by atoms with Crippen molar-refractivity contribution in [3.8, 4) is 22.9 Å². The predicted molar refractivity (Wildman–Crippen MR) is 112 cm³/mol. The third kappa shape index (κ3) is 4.83. The summed E-state index contributed by atoms with van der Waals surface area (Å²) in [5.74, 6) is -0.602. The second kappa shape index (κ2) is 9.16. The molecule has 10 nitrogen and oxygen atoms in total. The van der Waals surface area contributed by atoms with Crippen molar-refractivity contribution in [2.24, 2.45) is 0 Å². The summed E-state index contributed by atoms with van der Waals surface area (Å²) in [6.07, 6.45) is 2.90. The van der Waals surface area contributed by atoms with E-state index in [2.05, 4.69) is 30.9 Å². The molecular formula is C21H18FN7O3. The van der Waals surface area contributed by atoms with Gasteiger partial charge in [0, 0.05) is 24.8 Å². The van der Waals surface area contributed by atoms with E-state index in [1.54, 1.807) is 35.0 Å². The average molecular weight is 435 g/mol. The number of hydrogen-bond donors (Lipinski definition) is 2. The topological polar surface area (TPSA) is 128 Å². The average Bonchev–Trinajstić information content (AvgIpc) is 3.44. The van der Waals surface area contributed by atoms with Crippen LogP contribution in [0, 0.1) is 5.82 Å². The minimum atomic E-state index is -0.432. The molecule has 1 aromatic carbocycles. The summed E-state index contributed by atoms with van der Waals surface area (Å²) in [6, 6.07) is 11.3. The quantitative estimate of drug-likeness (QED) is 0.456. The molecule has 2 N–H and O–H groups in total. The molecular weight excluding hydrogens is 417 g/mol. The maximum atomic E-state index is 14.2. The number of rotatable bonds is 7. The predicted octanol–water partition coefficient (Wildman–Crippen LogP) is 2.26. The largest absolute Gasteiger partial charge is 0.364 e. The maximum Gasteiger partial charge on any atom is 0.244 e. The van der Waals surface area contributed by atoms with Crippen LogP contribution < -0.4 is 10.6 Å². The highest BCUT2D eigenvalue weighted by Gasteiger charge is 2.17. The Morgan fingerprint density at radius 1 is 1.16 bits per heavy atom. The molecule has 0 fully saturated rings. The molecule has 0 spiro atoms. The van der Waals surface area contributed by atoms with Gasteiger partial charge in [-0.2, -0.15) is 5.10 Å². The van der Waals surface area contributed by atoms with Crippen LogP contribution in [0.1, 0.15) is 12.5 Å². The van der Waals surface area contributed by atoms with Crippen molar-refractivity contribution in [1.29, 1.82) is 0 Å². The van der Waals surface area contributed by atoms with Gasteiger partial charge in [-0.1, -0.05) is 23.4 Å². The van der Waals surface area contributed by atoms with Gasteiger partial charge >= 0.3 is 0 Å². The van der Waals surface area contributed by atoms with E-state index in [4.69, 9.17) is 4.52 Å². The van der Waals surface area contributed by atoms with Crippen molar-refractivity contribution >= 4 is 17.6 Å². The fourth-order valence-corrected chi connectivity index (χ4v) is 2.93. The molecule has 0 aliphatic rings. The number of benzene rings is 1. The summed E-state index contributed by atoms with van der Waals surface area (Å²) in [5, 5.41) is 13.5. The van der Waals surface area contributed by atoms with E-state index >= 15 is 0 Å². The van der Waals surface area contributed by atoms with Crippen molar-refractivity contribution in [3.63, 3.8) is 0 Å².